The van der Waals surface area contributed by atoms with Crippen LogP contribution in [0.5, 0.6) is 5.75 Å². The number of likely N-dealkylation sites (N-methyl/N-ethyl adjacent to an activating group) is 1. The third kappa shape index (κ3) is 11.3. The number of aromatic nitrogens is 1. The number of cyclic esters (lactones) is 1. The van der Waals surface area contributed by atoms with Crippen LogP contribution in [0.4, 0.5) is 4.39 Å². The molecule has 1 fully saturated rings. The van der Waals surface area contributed by atoms with Crippen molar-refractivity contribution in [3.8, 4) is 5.75 Å². The lowest BCUT2D eigenvalue weighted by Gasteiger charge is -2.34. The Balaban J connectivity index is 1.67. The zero-order valence-electron chi connectivity index (χ0n) is 30.3. The standard InChI is InChI=1S/C38H50FN5O8/c1-24(2)17-30-37(49)44-22-28(45)20-32(44)38(50)43(4)31(18-26-12-10-15-40-21-26)36(48)41-25(3)11-8-6-5-7-9-16-51-34(46)23-52-33-19-27(39)13-14-29(33)35(47)42-30/h8,10-15,19,21,24-25,28,30-32,45H,5-7,9,16-18,20,22-23H2,1-4H3,(H,41,48)(H,42,47)/b11-8+/t25-,28+,30-,31+,32-/m1/s1. The van der Waals surface area contributed by atoms with Gasteiger partial charge in [-0.1, -0.05) is 32.1 Å². The molecular weight excluding hydrogens is 673 g/mol. The van der Waals surface area contributed by atoms with E-state index < -0.39 is 66.3 Å². The number of pyridine rings is 1. The first-order valence-corrected chi connectivity index (χ1v) is 17.8. The van der Waals surface area contributed by atoms with E-state index in [9.17, 15) is 33.5 Å². The summed E-state index contributed by atoms with van der Waals surface area (Å²) < 4.78 is 25.1. The first kappa shape index (κ1) is 39.9. The molecular formula is C38H50FN5O8. The van der Waals surface area contributed by atoms with Gasteiger partial charge in [-0.3, -0.25) is 24.2 Å². The molecule has 0 spiro atoms. The van der Waals surface area contributed by atoms with E-state index in [4.69, 9.17) is 9.47 Å². The number of rotatable bonds is 4. The molecule has 0 bridgehead atoms. The van der Waals surface area contributed by atoms with Crippen molar-refractivity contribution in [2.24, 2.45) is 5.92 Å². The Morgan fingerprint density at radius 2 is 1.83 bits per heavy atom. The number of carbonyl (C=O) groups is 5. The highest BCUT2D eigenvalue weighted by atomic mass is 19.1. The summed E-state index contributed by atoms with van der Waals surface area (Å²) in [6, 6.07) is 3.19. The van der Waals surface area contributed by atoms with Gasteiger partial charge in [-0.05, 0) is 68.7 Å². The van der Waals surface area contributed by atoms with Crippen molar-refractivity contribution in [1.29, 1.82) is 0 Å². The van der Waals surface area contributed by atoms with Gasteiger partial charge in [-0.25, -0.2) is 9.18 Å². The SMILES string of the molecule is CC(C)C[C@H]1NC(=O)c2ccc(F)cc2OCC(=O)OCCCCC/C=C/[C@@H](C)NC(=O)[C@H](Cc2cccnc2)N(C)C(=O)[C@H]2C[C@H](O)CN2C1=O. The van der Waals surface area contributed by atoms with Gasteiger partial charge in [-0.15, -0.1) is 0 Å². The number of carbonyl (C=O) groups excluding carboxylic acids is 5. The molecule has 1 aromatic carbocycles. The minimum absolute atomic E-state index is 0.0658. The number of amides is 4. The van der Waals surface area contributed by atoms with Gasteiger partial charge in [0.15, 0.2) is 6.61 Å². The topological polar surface area (TPSA) is 167 Å². The van der Waals surface area contributed by atoms with Gasteiger partial charge in [0.05, 0.1) is 18.3 Å². The third-order valence-electron chi connectivity index (χ3n) is 9.03. The fourth-order valence-corrected chi connectivity index (χ4v) is 6.33. The number of hydrogen-bond acceptors (Lipinski definition) is 9. The molecule has 4 rings (SSSR count). The predicted octanol–water partition coefficient (Wildman–Crippen LogP) is 2.95. The molecule has 14 heteroatoms. The molecule has 3 N–H and O–H groups in total. The Morgan fingerprint density at radius 3 is 2.56 bits per heavy atom. The van der Waals surface area contributed by atoms with Gasteiger partial charge in [0.1, 0.15) is 29.7 Å². The molecule has 52 heavy (non-hydrogen) atoms. The average Bonchev–Trinajstić information content (AvgIpc) is 3.50. The number of fused-ring (bicyclic) bond motifs is 2. The number of benzene rings is 1. The predicted molar refractivity (Wildman–Crippen MR) is 189 cm³/mol. The molecule has 3 heterocycles. The number of hydrogen-bond donors (Lipinski definition) is 3. The second-order valence-corrected chi connectivity index (χ2v) is 13.8. The molecule has 0 radical (unpaired) electrons. The minimum Gasteiger partial charge on any atom is -0.481 e. The van der Waals surface area contributed by atoms with Crippen molar-refractivity contribution < 1.29 is 42.9 Å². The van der Waals surface area contributed by atoms with Crippen LogP contribution >= 0.6 is 0 Å². The maximum absolute atomic E-state index is 14.3. The van der Waals surface area contributed by atoms with Crippen LogP contribution in [0.3, 0.4) is 0 Å². The van der Waals surface area contributed by atoms with Gasteiger partial charge < -0.3 is 35.0 Å². The van der Waals surface area contributed by atoms with Crippen molar-refractivity contribution in [1.82, 2.24) is 25.4 Å². The number of nitrogens with zero attached hydrogens (tertiary/aromatic N) is 3. The first-order valence-electron chi connectivity index (χ1n) is 17.8. The van der Waals surface area contributed by atoms with Crippen LogP contribution in [-0.4, -0.2) is 107 Å². The van der Waals surface area contributed by atoms with Crippen molar-refractivity contribution in [2.45, 2.75) is 96.0 Å². The summed E-state index contributed by atoms with van der Waals surface area (Å²) in [5, 5.41) is 16.4. The van der Waals surface area contributed by atoms with E-state index in [0.717, 1.165) is 37.0 Å². The summed E-state index contributed by atoms with van der Waals surface area (Å²) in [4.78, 5) is 75.0. The van der Waals surface area contributed by atoms with E-state index in [1.54, 1.807) is 18.5 Å². The van der Waals surface area contributed by atoms with E-state index in [1.165, 1.54) is 22.9 Å². The summed E-state index contributed by atoms with van der Waals surface area (Å²) in [7, 11) is 1.50. The van der Waals surface area contributed by atoms with Crippen molar-refractivity contribution in [3.63, 3.8) is 0 Å². The zero-order chi connectivity index (χ0) is 37.8. The number of nitrogens with one attached hydrogen (secondary N) is 2. The van der Waals surface area contributed by atoms with Gasteiger partial charge in [0.25, 0.3) is 5.91 Å². The highest BCUT2D eigenvalue weighted by molar-refractivity contribution is 6.00. The second kappa shape index (κ2) is 19.1. The van der Waals surface area contributed by atoms with E-state index >= 15 is 0 Å². The highest BCUT2D eigenvalue weighted by Crippen LogP contribution is 2.25. The van der Waals surface area contributed by atoms with Crippen LogP contribution < -0.4 is 15.4 Å². The zero-order valence-corrected chi connectivity index (χ0v) is 30.3. The molecule has 0 unspecified atom stereocenters. The van der Waals surface area contributed by atoms with Gasteiger partial charge in [-0.2, -0.15) is 0 Å². The van der Waals surface area contributed by atoms with Gasteiger partial charge in [0.2, 0.25) is 17.7 Å². The number of aliphatic hydroxyl groups is 1. The van der Waals surface area contributed by atoms with Crippen LogP contribution in [0, 0.1) is 11.7 Å². The highest BCUT2D eigenvalue weighted by Gasteiger charge is 2.44. The summed E-state index contributed by atoms with van der Waals surface area (Å²) >= 11 is 0. The quantitative estimate of drug-likeness (QED) is 0.318. The average molecular weight is 724 g/mol. The van der Waals surface area contributed by atoms with E-state index in [0.29, 0.717) is 6.42 Å². The molecule has 4 amide bonds. The maximum Gasteiger partial charge on any atom is 0.344 e. The lowest BCUT2D eigenvalue weighted by Crippen LogP contribution is -2.57. The van der Waals surface area contributed by atoms with Crippen LogP contribution in [0.15, 0.2) is 54.9 Å². The molecule has 0 saturated carbocycles. The van der Waals surface area contributed by atoms with Crippen molar-refractivity contribution >= 4 is 29.6 Å². The lowest BCUT2D eigenvalue weighted by atomic mass is 10.0. The molecule has 2 aromatic rings. The Bertz CT molecular complexity index is 1590. The molecule has 1 aromatic heterocycles. The number of halogens is 1. The van der Waals surface area contributed by atoms with E-state index in [2.05, 4.69) is 15.6 Å². The van der Waals surface area contributed by atoms with Crippen molar-refractivity contribution in [2.75, 3.05) is 26.8 Å². The minimum atomic E-state index is -1.14. The maximum atomic E-state index is 14.3. The van der Waals surface area contributed by atoms with E-state index in [-0.39, 0.29) is 55.7 Å². The van der Waals surface area contributed by atoms with Crippen molar-refractivity contribution in [3.05, 3.63) is 71.8 Å². The second-order valence-electron chi connectivity index (χ2n) is 13.8. The fourth-order valence-electron chi connectivity index (χ4n) is 6.33. The van der Waals surface area contributed by atoms with Gasteiger partial charge >= 0.3 is 5.97 Å². The number of allylic oxidation sites excluding steroid dienone is 1. The summed E-state index contributed by atoms with van der Waals surface area (Å²) in [6.45, 7) is 4.98. The Hall–Kier alpha value is -4.85. The monoisotopic (exact) mass is 723 g/mol. The first-order chi connectivity index (χ1) is 24.8. The smallest absolute Gasteiger partial charge is 0.344 e. The van der Waals surface area contributed by atoms with Crippen LogP contribution in [0.1, 0.15) is 75.2 Å². The Morgan fingerprint density at radius 1 is 1.04 bits per heavy atom. The number of esters is 1. The largest absolute Gasteiger partial charge is 0.481 e. The van der Waals surface area contributed by atoms with Crippen LogP contribution in [0.25, 0.3) is 0 Å². The molecule has 0 aliphatic carbocycles. The van der Waals surface area contributed by atoms with Crippen LogP contribution in [0.2, 0.25) is 0 Å². The fraction of sp³-hybridized carbons (Fsp3) is 0.526. The Kier molecular flexibility index (Phi) is 14.7. The van der Waals surface area contributed by atoms with Crippen LogP contribution in [-0.2, 0) is 30.3 Å². The summed E-state index contributed by atoms with van der Waals surface area (Å²) in [5.74, 6) is -3.98. The Labute approximate surface area is 303 Å². The molecule has 2 aliphatic rings. The molecule has 282 valence electrons. The molecule has 2 aliphatic heterocycles. The normalized spacial score (nSPS) is 25.5. The lowest BCUT2D eigenvalue weighted by molar-refractivity contribution is -0.147. The van der Waals surface area contributed by atoms with Gasteiger partial charge in [0, 0.05) is 50.9 Å². The summed E-state index contributed by atoms with van der Waals surface area (Å²) in [5.41, 5.74) is 0.616. The third-order valence-corrected chi connectivity index (χ3v) is 9.03. The molecule has 13 nitrogen and oxygen atoms in total. The summed E-state index contributed by atoms with van der Waals surface area (Å²) in [6.07, 6.45) is 9.22. The van der Waals surface area contributed by atoms with E-state index in [1.807, 2.05) is 39.0 Å². The number of ether oxygens (including phenoxy) is 2. The molecule has 1 saturated heterocycles. The molecule has 5 atom stereocenters. The number of aliphatic hydroxyl groups excluding tert-OH is 1.